The minimum atomic E-state index is -0.631. The molecule has 1 aliphatic rings. The van der Waals surface area contributed by atoms with Gasteiger partial charge in [-0.2, -0.15) is 0 Å². The summed E-state index contributed by atoms with van der Waals surface area (Å²) in [5.74, 6) is 0.0292. The van der Waals surface area contributed by atoms with Crippen molar-refractivity contribution < 1.29 is 14.4 Å². The van der Waals surface area contributed by atoms with Gasteiger partial charge in [0, 0.05) is 30.6 Å². The van der Waals surface area contributed by atoms with Crippen molar-refractivity contribution >= 4 is 23.5 Å². The maximum Gasteiger partial charge on any atom is 0.316 e. The molecule has 1 fully saturated rings. The quantitative estimate of drug-likeness (QED) is 0.604. The number of hydrogen-bond acceptors (Lipinski definition) is 3. The third-order valence-electron chi connectivity index (χ3n) is 4.29. The van der Waals surface area contributed by atoms with Crippen LogP contribution in [0, 0.1) is 5.92 Å². The molecule has 0 aromatic heterocycles. The summed E-state index contributed by atoms with van der Waals surface area (Å²) in [5.41, 5.74) is 6.51. The normalized spacial score (nSPS) is 15.4. The molecule has 7 nitrogen and oxygen atoms in total. The van der Waals surface area contributed by atoms with Crippen LogP contribution in [-0.2, 0) is 16.1 Å². The zero-order chi connectivity index (χ0) is 18.2. The Hall–Kier alpha value is -2.57. The second-order valence-corrected chi connectivity index (χ2v) is 6.56. The molecule has 1 unspecified atom stereocenters. The lowest BCUT2D eigenvalue weighted by Crippen LogP contribution is -2.39. The maximum absolute atomic E-state index is 12.1. The first-order valence-corrected chi connectivity index (χ1v) is 8.66. The van der Waals surface area contributed by atoms with Gasteiger partial charge in [0.1, 0.15) is 0 Å². The Morgan fingerprint density at radius 1 is 1.24 bits per heavy atom. The van der Waals surface area contributed by atoms with Gasteiger partial charge in [-0.25, -0.2) is 4.79 Å². The van der Waals surface area contributed by atoms with E-state index in [1.165, 1.54) is 0 Å². The summed E-state index contributed by atoms with van der Waals surface area (Å²) in [7, 11) is 0. The third-order valence-corrected chi connectivity index (χ3v) is 4.29. The highest BCUT2D eigenvalue weighted by Gasteiger charge is 2.24. The fourth-order valence-corrected chi connectivity index (χ4v) is 3.05. The number of hydrogen-bond donors (Lipinski definition) is 4. The summed E-state index contributed by atoms with van der Waals surface area (Å²) in [4.78, 5) is 35.0. The average Bonchev–Trinajstić information content (AvgIpc) is 3.07. The summed E-state index contributed by atoms with van der Waals surface area (Å²) in [6, 6.07) is 6.26. The number of rotatable bonds is 7. The molecule has 0 saturated heterocycles. The van der Waals surface area contributed by atoms with E-state index in [0.717, 1.165) is 31.2 Å². The summed E-state index contributed by atoms with van der Waals surface area (Å²) < 4.78 is 0. The lowest BCUT2D eigenvalue weighted by atomic mass is 10.1. The molecule has 0 radical (unpaired) electrons. The van der Waals surface area contributed by atoms with Crippen LogP contribution in [0.5, 0.6) is 0 Å². The van der Waals surface area contributed by atoms with Gasteiger partial charge in [-0.3, -0.25) is 9.59 Å². The molecule has 0 aliphatic heterocycles. The minimum absolute atomic E-state index is 0.0584. The van der Waals surface area contributed by atoms with Crippen LogP contribution in [0.4, 0.5) is 10.5 Å². The zero-order valence-electron chi connectivity index (χ0n) is 14.5. The van der Waals surface area contributed by atoms with Gasteiger partial charge in [-0.1, -0.05) is 25.0 Å². The van der Waals surface area contributed by atoms with E-state index in [1.54, 1.807) is 18.2 Å². The lowest BCUT2D eigenvalue weighted by molar-refractivity contribution is -0.126. The Balaban J connectivity index is 1.74. The average molecular weight is 346 g/mol. The molecule has 4 amide bonds. The number of benzene rings is 1. The van der Waals surface area contributed by atoms with Gasteiger partial charge in [0.05, 0.1) is 0 Å². The zero-order valence-corrected chi connectivity index (χ0v) is 14.5. The van der Waals surface area contributed by atoms with Crippen LogP contribution in [0.15, 0.2) is 24.3 Å². The van der Waals surface area contributed by atoms with Crippen LogP contribution in [-0.4, -0.2) is 23.9 Å². The number of carbonyl (C=O) groups is 3. The van der Waals surface area contributed by atoms with E-state index in [4.69, 9.17) is 5.73 Å². The highest BCUT2D eigenvalue weighted by atomic mass is 16.2. The van der Waals surface area contributed by atoms with Gasteiger partial charge in [0.25, 0.3) is 0 Å². The van der Waals surface area contributed by atoms with E-state index < -0.39 is 6.03 Å². The molecule has 1 aromatic carbocycles. The largest absolute Gasteiger partial charge is 0.353 e. The van der Waals surface area contributed by atoms with Crippen LogP contribution in [0.1, 0.15) is 44.6 Å². The van der Waals surface area contributed by atoms with Gasteiger partial charge in [-0.15, -0.1) is 0 Å². The highest BCUT2D eigenvalue weighted by molar-refractivity contribution is 5.87. The monoisotopic (exact) mass is 346 g/mol. The van der Waals surface area contributed by atoms with E-state index in [-0.39, 0.29) is 30.2 Å². The molecule has 25 heavy (non-hydrogen) atoms. The summed E-state index contributed by atoms with van der Waals surface area (Å²) in [5, 5.41) is 8.23. The fraction of sp³-hybridized carbons (Fsp3) is 0.500. The van der Waals surface area contributed by atoms with E-state index >= 15 is 0 Å². The fourth-order valence-electron chi connectivity index (χ4n) is 3.05. The number of urea groups is 1. The number of amides is 4. The van der Waals surface area contributed by atoms with E-state index in [2.05, 4.69) is 16.0 Å². The standard InChI is InChI=1S/C18H26N4O3/c1-12(21-17(24)14-6-2-3-7-14)9-16(23)20-11-13-5-4-8-15(10-13)22-18(19)25/h4-5,8,10,12,14H,2-3,6-7,9,11H2,1H3,(H,20,23)(H,21,24)(H3,19,22,25). The van der Waals surface area contributed by atoms with Crippen molar-refractivity contribution in [2.24, 2.45) is 11.7 Å². The van der Waals surface area contributed by atoms with Crippen molar-refractivity contribution in [2.75, 3.05) is 5.32 Å². The van der Waals surface area contributed by atoms with Crippen LogP contribution < -0.4 is 21.7 Å². The number of primary amides is 1. The molecule has 1 saturated carbocycles. The van der Waals surface area contributed by atoms with Crippen molar-refractivity contribution in [2.45, 2.75) is 51.6 Å². The van der Waals surface area contributed by atoms with E-state index in [9.17, 15) is 14.4 Å². The molecule has 0 spiro atoms. The van der Waals surface area contributed by atoms with Crippen molar-refractivity contribution in [3.8, 4) is 0 Å². The number of nitrogens with two attached hydrogens (primary N) is 1. The van der Waals surface area contributed by atoms with Crippen molar-refractivity contribution in [1.82, 2.24) is 10.6 Å². The molecule has 1 aromatic rings. The molecule has 0 bridgehead atoms. The van der Waals surface area contributed by atoms with Crippen molar-refractivity contribution in [3.05, 3.63) is 29.8 Å². The Kier molecular flexibility index (Phi) is 6.80. The second-order valence-electron chi connectivity index (χ2n) is 6.56. The molecule has 1 atom stereocenters. The first-order chi connectivity index (χ1) is 11.9. The molecule has 5 N–H and O–H groups in total. The first-order valence-electron chi connectivity index (χ1n) is 8.66. The second kappa shape index (κ2) is 9.05. The molecule has 0 heterocycles. The molecular formula is C18H26N4O3. The lowest BCUT2D eigenvalue weighted by Gasteiger charge is -2.17. The van der Waals surface area contributed by atoms with Crippen LogP contribution in [0.25, 0.3) is 0 Å². The molecular weight excluding hydrogens is 320 g/mol. The van der Waals surface area contributed by atoms with Crippen molar-refractivity contribution in [3.63, 3.8) is 0 Å². The van der Waals surface area contributed by atoms with E-state index in [1.807, 2.05) is 13.0 Å². The molecule has 136 valence electrons. The van der Waals surface area contributed by atoms with Gasteiger partial charge >= 0.3 is 6.03 Å². The Labute approximate surface area is 147 Å². The van der Waals surface area contributed by atoms with Gasteiger partial charge in [-0.05, 0) is 37.5 Å². The van der Waals surface area contributed by atoms with Crippen LogP contribution in [0.2, 0.25) is 0 Å². The number of carbonyl (C=O) groups excluding carboxylic acids is 3. The van der Waals surface area contributed by atoms with Crippen LogP contribution in [0.3, 0.4) is 0 Å². The van der Waals surface area contributed by atoms with Crippen molar-refractivity contribution in [1.29, 1.82) is 0 Å². The van der Waals surface area contributed by atoms with Gasteiger partial charge in [0.2, 0.25) is 11.8 Å². The summed E-state index contributed by atoms with van der Waals surface area (Å²) >= 11 is 0. The Morgan fingerprint density at radius 3 is 2.64 bits per heavy atom. The predicted molar refractivity (Wildman–Crippen MR) is 95.7 cm³/mol. The molecule has 7 heteroatoms. The smallest absolute Gasteiger partial charge is 0.316 e. The number of nitrogens with one attached hydrogen (secondary N) is 3. The predicted octanol–water partition coefficient (Wildman–Crippen LogP) is 1.88. The Bertz CT molecular complexity index is 627. The SMILES string of the molecule is CC(CC(=O)NCc1cccc(NC(N)=O)c1)NC(=O)C1CCCC1. The number of anilines is 1. The highest BCUT2D eigenvalue weighted by Crippen LogP contribution is 2.24. The maximum atomic E-state index is 12.1. The van der Waals surface area contributed by atoms with E-state index in [0.29, 0.717) is 12.2 Å². The summed E-state index contributed by atoms with van der Waals surface area (Å²) in [6.45, 7) is 2.18. The van der Waals surface area contributed by atoms with Gasteiger partial charge in [0.15, 0.2) is 0 Å². The molecule has 2 rings (SSSR count). The summed E-state index contributed by atoms with van der Waals surface area (Å²) in [6.07, 6.45) is 4.34. The third kappa shape index (κ3) is 6.45. The first kappa shape index (κ1) is 18.8. The van der Waals surface area contributed by atoms with Gasteiger partial charge < -0.3 is 21.7 Å². The Morgan fingerprint density at radius 2 is 1.96 bits per heavy atom. The topological polar surface area (TPSA) is 113 Å². The molecule has 1 aliphatic carbocycles. The van der Waals surface area contributed by atoms with Crippen LogP contribution >= 0.6 is 0 Å². The minimum Gasteiger partial charge on any atom is -0.353 e.